The molecular weight excluding hydrogens is 385 g/mol. The molecule has 2 aromatic carbocycles. The van der Waals surface area contributed by atoms with E-state index in [0.29, 0.717) is 11.1 Å². The summed E-state index contributed by atoms with van der Waals surface area (Å²) >= 11 is 3.63. The lowest BCUT2D eigenvalue weighted by atomic mass is 10.2. The lowest BCUT2D eigenvalue weighted by Gasteiger charge is -2.08. The Labute approximate surface area is 135 Å². The summed E-state index contributed by atoms with van der Waals surface area (Å²) in [6.07, 6.45) is 0. The molecule has 0 saturated carbocycles. The van der Waals surface area contributed by atoms with Gasteiger partial charge in [0.05, 0.1) is 24.3 Å². The first-order chi connectivity index (χ1) is 9.63. The maximum absolute atomic E-state index is 11.8. The van der Waals surface area contributed by atoms with Gasteiger partial charge in [0.25, 0.3) is 0 Å². The van der Waals surface area contributed by atoms with Crippen LogP contribution >= 0.6 is 34.4 Å². The molecule has 20 heavy (non-hydrogen) atoms. The minimum Gasteiger partial charge on any atom is -0.465 e. The quantitative estimate of drug-likeness (QED) is 0.580. The van der Waals surface area contributed by atoms with Crippen molar-refractivity contribution in [2.75, 3.05) is 7.11 Å². The summed E-state index contributed by atoms with van der Waals surface area (Å²) in [7, 11) is 1.37. The van der Waals surface area contributed by atoms with E-state index in [-0.39, 0.29) is 5.97 Å². The van der Waals surface area contributed by atoms with Crippen molar-refractivity contribution >= 4 is 40.3 Å². The molecule has 100 valence electrons. The van der Waals surface area contributed by atoms with Crippen LogP contribution in [-0.4, -0.2) is 13.1 Å². The van der Waals surface area contributed by atoms with Crippen molar-refractivity contribution < 1.29 is 9.53 Å². The lowest BCUT2D eigenvalue weighted by Crippen LogP contribution is -2.03. The zero-order valence-corrected chi connectivity index (χ0v) is 13.6. The number of halogens is 1. The summed E-state index contributed by atoms with van der Waals surface area (Å²) in [5.74, 6) is -0.348. The fourth-order valence-electron chi connectivity index (χ4n) is 1.59. The Bertz CT molecular complexity index is 677. The SMILES string of the molecule is COC(=O)c1cc(I)ccc1Sc1ccc(C#N)cc1. The van der Waals surface area contributed by atoms with Crippen molar-refractivity contribution in [1.82, 2.24) is 0 Å². The van der Waals surface area contributed by atoms with Crippen LogP contribution in [0.2, 0.25) is 0 Å². The van der Waals surface area contributed by atoms with Crippen LogP contribution < -0.4 is 0 Å². The third kappa shape index (κ3) is 3.52. The number of carbonyl (C=O) groups is 1. The molecule has 3 nitrogen and oxygen atoms in total. The number of rotatable bonds is 3. The average molecular weight is 395 g/mol. The van der Waals surface area contributed by atoms with Crippen molar-refractivity contribution in [3.05, 3.63) is 57.2 Å². The number of methoxy groups -OCH3 is 1. The Morgan fingerprint density at radius 2 is 1.95 bits per heavy atom. The number of ether oxygens (including phenoxy) is 1. The van der Waals surface area contributed by atoms with E-state index in [9.17, 15) is 4.79 Å². The second-order valence-corrected chi connectivity index (χ2v) is 6.23. The monoisotopic (exact) mass is 395 g/mol. The van der Waals surface area contributed by atoms with Crippen LogP contribution in [-0.2, 0) is 4.74 Å². The summed E-state index contributed by atoms with van der Waals surface area (Å²) < 4.78 is 5.79. The predicted octanol–water partition coefficient (Wildman–Crippen LogP) is 4.10. The number of nitrogens with zero attached hydrogens (tertiary/aromatic N) is 1. The number of hydrogen-bond donors (Lipinski definition) is 0. The molecule has 0 fully saturated rings. The van der Waals surface area contributed by atoms with E-state index in [1.54, 1.807) is 18.2 Å². The second kappa shape index (κ2) is 6.77. The van der Waals surface area contributed by atoms with Gasteiger partial charge in [-0.15, -0.1) is 0 Å². The first-order valence-corrected chi connectivity index (χ1v) is 7.59. The number of esters is 1. The van der Waals surface area contributed by atoms with Crippen LogP contribution in [0.15, 0.2) is 52.3 Å². The third-order valence-electron chi connectivity index (χ3n) is 2.56. The number of benzene rings is 2. The van der Waals surface area contributed by atoms with E-state index >= 15 is 0 Å². The minimum absolute atomic E-state index is 0.348. The maximum Gasteiger partial charge on any atom is 0.339 e. The van der Waals surface area contributed by atoms with Gasteiger partial charge >= 0.3 is 5.97 Å². The van der Waals surface area contributed by atoms with Crippen LogP contribution in [0.1, 0.15) is 15.9 Å². The van der Waals surface area contributed by atoms with Crippen molar-refractivity contribution in [1.29, 1.82) is 5.26 Å². The second-order valence-electron chi connectivity index (χ2n) is 3.87. The van der Waals surface area contributed by atoms with Gasteiger partial charge in [0, 0.05) is 13.4 Å². The van der Waals surface area contributed by atoms with Crippen LogP contribution in [0.25, 0.3) is 0 Å². The molecule has 0 N–H and O–H groups in total. The zero-order valence-electron chi connectivity index (χ0n) is 10.6. The van der Waals surface area contributed by atoms with Crippen molar-refractivity contribution in [3.8, 4) is 6.07 Å². The molecule has 0 amide bonds. The van der Waals surface area contributed by atoms with E-state index in [4.69, 9.17) is 10.00 Å². The third-order valence-corrected chi connectivity index (χ3v) is 4.31. The van der Waals surface area contributed by atoms with Gasteiger partial charge in [0.2, 0.25) is 0 Å². The highest BCUT2D eigenvalue weighted by Gasteiger charge is 2.13. The Kier molecular flexibility index (Phi) is 5.04. The van der Waals surface area contributed by atoms with Gasteiger partial charge in [-0.2, -0.15) is 5.26 Å². The number of nitriles is 1. The summed E-state index contributed by atoms with van der Waals surface area (Å²) in [5.41, 5.74) is 1.17. The van der Waals surface area contributed by atoms with Gasteiger partial charge in [-0.3, -0.25) is 0 Å². The topological polar surface area (TPSA) is 50.1 Å². The molecule has 0 spiro atoms. The van der Waals surface area contributed by atoms with E-state index in [1.165, 1.54) is 18.9 Å². The predicted molar refractivity (Wildman–Crippen MR) is 85.8 cm³/mol. The number of hydrogen-bond acceptors (Lipinski definition) is 4. The van der Waals surface area contributed by atoms with Crippen molar-refractivity contribution in [2.24, 2.45) is 0 Å². The molecule has 0 heterocycles. The maximum atomic E-state index is 11.8. The zero-order chi connectivity index (χ0) is 14.5. The Morgan fingerprint density at radius 1 is 1.25 bits per heavy atom. The molecule has 0 saturated heterocycles. The highest BCUT2D eigenvalue weighted by atomic mass is 127. The summed E-state index contributed by atoms with van der Waals surface area (Å²) in [6, 6.07) is 15.0. The molecule has 0 aromatic heterocycles. The highest BCUT2D eigenvalue weighted by Crippen LogP contribution is 2.31. The van der Waals surface area contributed by atoms with Crippen LogP contribution in [0, 0.1) is 14.9 Å². The van der Waals surface area contributed by atoms with Crippen LogP contribution in [0.3, 0.4) is 0 Å². The smallest absolute Gasteiger partial charge is 0.339 e. The van der Waals surface area contributed by atoms with E-state index in [0.717, 1.165) is 13.4 Å². The highest BCUT2D eigenvalue weighted by molar-refractivity contribution is 14.1. The van der Waals surface area contributed by atoms with Gasteiger partial charge in [-0.25, -0.2) is 4.79 Å². The Balaban J connectivity index is 2.32. The standard InChI is InChI=1S/C15H10INO2S/c1-19-15(18)13-8-11(16)4-7-14(13)20-12-5-2-10(9-17)3-6-12/h2-8H,1H3. The first-order valence-electron chi connectivity index (χ1n) is 5.70. The average Bonchev–Trinajstić information content (AvgIpc) is 2.49. The van der Waals surface area contributed by atoms with Crippen LogP contribution in [0.5, 0.6) is 0 Å². The molecule has 0 atom stereocenters. The fraction of sp³-hybridized carbons (Fsp3) is 0.0667. The lowest BCUT2D eigenvalue weighted by molar-refractivity contribution is 0.0596. The fourth-order valence-corrected chi connectivity index (χ4v) is 2.99. The summed E-state index contributed by atoms with van der Waals surface area (Å²) in [6.45, 7) is 0. The van der Waals surface area contributed by atoms with Gasteiger partial charge in [-0.1, -0.05) is 11.8 Å². The molecule has 0 bridgehead atoms. The van der Waals surface area contributed by atoms with Gasteiger partial charge in [0.1, 0.15) is 0 Å². The van der Waals surface area contributed by atoms with Gasteiger partial charge in [0.15, 0.2) is 0 Å². The molecule has 0 aliphatic heterocycles. The molecule has 0 aliphatic rings. The normalized spacial score (nSPS) is 9.85. The molecule has 0 unspecified atom stereocenters. The first kappa shape index (κ1) is 14.9. The largest absolute Gasteiger partial charge is 0.465 e. The molecule has 0 radical (unpaired) electrons. The number of carbonyl (C=O) groups excluding carboxylic acids is 1. The van der Waals surface area contributed by atoms with Gasteiger partial charge in [-0.05, 0) is 65.1 Å². The molecule has 0 aliphatic carbocycles. The van der Waals surface area contributed by atoms with E-state index < -0.39 is 0 Å². The summed E-state index contributed by atoms with van der Waals surface area (Å²) in [4.78, 5) is 13.6. The Morgan fingerprint density at radius 3 is 2.55 bits per heavy atom. The molecule has 2 aromatic rings. The van der Waals surface area contributed by atoms with E-state index in [1.807, 2.05) is 24.3 Å². The Hall–Kier alpha value is -1.52. The van der Waals surface area contributed by atoms with Crippen LogP contribution in [0.4, 0.5) is 0 Å². The molecule has 5 heteroatoms. The van der Waals surface area contributed by atoms with Gasteiger partial charge < -0.3 is 4.74 Å². The molecule has 2 rings (SSSR count). The summed E-state index contributed by atoms with van der Waals surface area (Å²) in [5, 5.41) is 8.78. The minimum atomic E-state index is -0.348. The van der Waals surface area contributed by atoms with E-state index in [2.05, 4.69) is 28.7 Å². The van der Waals surface area contributed by atoms with Crippen molar-refractivity contribution in [2.45, 2.75) is 9.79 Å². The van der Waals surface area contributed by atoms with Crippen molar-refractivity contribution in [3.63, 3.8) is 0 Å². The molecular formula is C15H10INO2S.